The summed E-state index contributed by atoms with van der Waals surface area (Å²) < 4.78 is 5.63. The second kappa shape index (κ2) is 5.44. The van der Waals surface area contributed by atoms with E-state index in [0.29, 0.717) is 23.8 Å². The first-order valence-corrected chi connectivity index (χ1v) is 9.30. The molecule has 3 heteroatoms. The van der Waals surface area contributed by atoms with E-state index in [0.717, 1.165) is 19.4 Å². The van der Waals surface area contributed by atoms with E-state index in [1.54, 1.807) is 12.7 Å². The largest absolute Gasteiger partial charge is 0.390 e. The van der Waals surface area contributed by atoms with Gasteiger partial charge in [0.1, 0.15) is 0 Å². The number of ether oxygens (including phenoxy) is 1. The van der Waals surface area contributed by atoms with Crippen LogP contribution in [0, 0.1) is 23.2 Å². The lowest BCUT2D eigenvalue weighted by Crippen LogP contribution is -2.62. The third-order valence-electron chi connectivity index (χ3n) is 7.44. The van der Waals surface area contributed by atoms with Gasteiger partial charge in [-0.15, -0.1) is 0 Å². The molecule has 7 atom stereocenters. The fourth-order valence-corrected chi connectivity index (χ4v) is 6.10. The number of nitrogens with zero attached hydrogens (tertiary/aromatic N) is 1. The van der Waals surface area contributed by atoms with Crippen LogP contribution >= 0.6 is 0 Å². The van der Waals surface area contributed by atoms with E-state index in [1.165, 1.54) is 18.4 Å². The molecule has 128 valence electrons. The van der Waals surface area contributed by atoms with Gasteiger partial charge < -0.3 is 9.84 Å². The minimum atomic E-state index is -0.330. The van der Waals surface area contributed by atoms with Crippen LogP contribution in [0.3, 0.4) is 0 Å². The highest BCUT2D eigenvalue weighted by Gasteiger charge is 2.59. The number of likely N-dealkylation sites (tertiary alicyclic amines) is 1. The molecule has 0 aromatic carbocycles. The maximum absolute atomic E-state index is 11.1. The van der Waals surface area contributed by atoms with Gasteiger partial charge in [0.25, 0.3) is 0 Å². The van der Waals surface area contributed by atoms with Crippen molar-refractivity contribution in [2.24, 2.45) is 23.2 Å². The summed E-state index contributed by atoms with van der Waals surface area (Å²) in [5.41, 5.74) is 3.15. The monoisotopic (exact) mass is 317 g/mol. The molecule has 3 nitrogen and oxygen atoms in total. The zero-order valence-electron chi connectivity index (χ0n) is 15.0. The Kier molecular flexibility index (Phi) is 3.75. The molecular formula is C20H31NO2. The Morgan fingerprint density at radius 2 is 2.13 bits per heavy atom. The van der Waals surface area contributed by atoms with Crippen molar-refractivity contribution in [3.8, 4) is 0 Å². The summed E-state index contributed by atoms with van der Waals surface area (Å²) in [5.74, 6) is 1.49. The molecule has 0 aromatic rings. The molecule has 0 spiro atoms. The number of aliphatic hydroxyl groups excluding tert-OH is 1. The van der Waals surface area contributed by atoms with E-state index in [9.17, 15) is 5.11 Å². The number of fused-ring (bicyclic) bond motifs is 1. The number of aliphatic hydroxyl groups is 1. The van der Waals surface area contributed by atoms with Crippen molar-refractivity contribution in [1.29, 1.82) is 0 Å². The highest BCUT2D eigenvalue weighted by atomic mass is 16.5. The molecule has 1 saturated heterocycles. The number of methoxy groups -OCH3 is 1. The Balaban J connectivity index is 1.82. The summed E-state index contributed by atoms with van der Waals surface area (Å²) in [6, 6.07) is 0.572. The summed E-state index contributed by atoms with van der Waals surface area (Å²) in [4.78, 5) is 2.55. The van der Waals surface area contributed by atoms with Crippen molar-refractivity contribution >= 4 is 0 Å². The van der Waals surface area contributed by atoms with Crippen LogP contribution in [0.1, 0.15) is 39.5 Å². The average Bonchev–Trinajstić information content (AvgIpc) is 2.52. The maximum Gasteiger partial charge on any atom is 0.0843 e. The fraction of sp³-hybridized carbons (Fsp3) is 0.800. The molecule has 4 rings (SSSR count). The van der Waals surface area contributed by atoms with Crippen LogP contribution in [-0.4, -0.2) is 49.0 Å². The number of hydrogen-bond donors (Lipinski definition) is 1. The summed E-state index contributed by atoms with van der Waals surface area (Å²) in [6.45, 7) is 5.71. The van der Waals surface area contributed by atoms with Crippen LogP contribution in [-0.2, 0) is 4.74 Å². The Hall–Kier alpha value is -0.640. The van der Waals surface area contributed by atoms with Gasteiger partial charge in [-0.05, 0) is 63.6 Å². The molecule has 23 heavy (non-hydrogen) atoms. The molecule has 2 bridgehead atoms. The first kappa shape index (κ1) is 15.9. The lowest BCUT2D eigenvalue weighted by Gasteiger charge is -2.62. The van der Waals surface area contributed by atoms with Crippen LogP contribution in [0.5, 0.6) is 0 Å². The van der Waals surface area contributed by atoms with Gasteiger partial charge in [0, 0.05) is 24.5 Å². The van der Waals surface area contributed by atoms with Crippen LogP contribution in [0.15, 0.2) is 23.3 Å². The van der Waals surface area contributed by atoms with Gasteiger partial charge >= 0.3 is 0 Å². The number of rotatable bonds is 1. The Bertz CT molecular complexity index is 554. The van der Waals surface area contributed by atoms with Gasteiger partial charge in [-0.1, -0.05) is 24.6 Å². The van der Waals surface area contributed by atoms with E-state index in [2.05, 4.69) is 37.9 Å². The molecule has 2 saturated carbocycles. The Labute approximate surface area is 140 Å². The number of allylic oxidation sites excluding steroid dienone is 3. The van der Waals surface area contributed by atoms with Crippen molar-refractivity contribution < 1.29 is 9.84 Å². The summed E-state index contributed by atoms with van der Waals surface area (Å²) in [5, 5.41) is 11.1. The van der Waals surface area contributed by atoms with E-state index in [1.807, 2.05) is 0 Å². The first-order valence-electron chi connectivity index (χ1n) is 9.30. The van der Waals surface area contributed by atoms with Crippen molar-refractivity contribution in [3.05, 3.63) is 23.3 Å². The molecule has 1 aliphatic heterocycles. The normalized spacial score (nSPS) is 49.8. The minimum absolute atomic E-state index is 0.0103. The molecular weight excluding hydrogens is 286 g/mol. The first-order chi connectivity index (χ1) is 11.0. The molecule has 7 unspecified atom stereocenters. The number of likely N-dealkylation sites (N-methyl/N-ethyl adjacent to an activating group) is 1. The second-order valence-corrected chi connectivity index (χ2v) is 8.45. The molecule has 1 N–H and O–H groups in total. The highest BCUT2D eigenvalue weighted by Crippen LogP contribution is 2.61. The van der Waals surface area contributed by atoms with Crippen molar-refractivity contribution in [2.75, 3.05) is 20.7 Å². The lowest BCUT2D eigenvalue weighted by molar-refractivity contribution is -0.135. The van der Waals surface area contributed by atoms with Gasteiger partial charge in [0.05, 0.1) is 12.2 Å². The Morgan fingerprint density at radius 3 is 2.87 bits per heavy atom. The standard InChI is InChI=1S/C20H31NO2/c1-12-9-15-16-10-14-5-6-17(23-4)19(22)18(14)20(15,11-13(12)2)7-8-21(16)3/h9,11-12,14,16-19,22H,5-8,10H2,1-4H3. The number of hydrogen-bond acceptors (Lipinski definition) is 3. The van der Waals surface area contributed by atoms with Crippen LogP contribution in [0.4, 0.5) is 0 Å². The molecule has 0 amide bonds. The molecule has 0 radical (unpaired) electrons. The lowest BCUT2D eigenvalue weighted by atomic mass is 9.48. The predicted octanol–water partition coefficient (Wildman–Crippen LogP) is 3.01. The van der Waals surface area contributed by atoms with Crippen LogP contribution < -0.4 is 0 Å². The van der Waals surface area contributed by atoms with Gasteiger partial charge in [0.15, 0.2) is 0 Å². The second-order valence-electron chi connectivity index (χ2n) is 8.45. The summed E-state index contributed by atoms with van der Waals surface area (Å²) >= 11 is 0. The zero-order chi connectivity index (χ0) is 16.4. The zero-order valence-corrected chi connectivity index (χ0v) is 15.0. The van der Waals surface area contributed by atoms with Gasteiger partial charge in [-0.3, -0.25) is 4.90 Å². The van der Waals surface area contributed by atoms with Crippen molar-refractivity contribution in [2.45, 2.75) is 57.8 Å². The van der Waals surface area contributed by atoms with Gasteiger partial charge in [0.2, 0.25) is 0 Å². The van der Waals surface area contributed by atoms with E-state index < -0.39 is 0 Å². The summed E-state index contributed by atoms with van der Waals surface area (Å²) in [6.07, 6.45) is 9.30. The van der Waals surface area contributed by atoms with Gasteiger partial charge in [-0.2, -0.15) is 0 Å². The van der Waals surface area contributed by atoms with Crippen molar-refractivity contribution in [1.82, 2.24) is 4.90 Å². The topological polar surface area (TPSA) is 32.7 Å². The quantitative estimate of drug-likeness (QED) is 0.755. The summed E-state index contributed by atoms with van der Waals surface area (Å²) in [7, 11) is 4.04. The molecule has 3 aliphatic carbocycles. The number of piperidine rings is 1. The van der Waals surface area contributed by atoms with E-state index in [-0.39, 0.29) is 17.6 Å². The Morgan fingerprint density at radius 1 is 1.35 bits per heavy atom. The van der Waals surface area contributed by atoms with Crippen LogP contribution in [0.2, 0.25) is 0 Å². The van der Waals surface area contributed by atoms with Gasteiger partial charge in [-0.25, -0.2) is 0 Å². The van der Waals surface area contributed by atoms with Crippen molar-refractivity contribution in [3.63, 3.8) is 0 Å². The fourth-order valence-electron chi connectivity index (χ4n) is 6.10. The molecule has 1 heterocycles. The predicted molar refractivity (Wildman–Crippen MR) is 92.1 cm³/mol. The highest BCUT2D eigenvalue weighted by molar-refractivity contribution is 5.41. The molecule has 3 fully saturated rings. The smallest absolute Gasteiger partial charge is 0.0843 e. The van der Waals surface area contributed by atoms with E-state index >= 15 is 0 Å². The van der Waals surface area contributed by atoms with Crippen LogP contribution in [0.25, 0.3) is 0 Å². The third-order valence-corrected chi connectivity index (χ3v) is 7.44. The van der Waals surface area contributed by atoms with E-state index in [4.69, 9.17) is 4.74 Å². The minimum Gasteiger partial charge on any atom is -0.390 e. The molecule has 4 aliphatic rings. The molecule has 0 aromatic heterocycles. The third kappa shape index (κ3) is 2.13. The maximum atomic E-state index is 11.1. The SMILES string of the molecule is COC1CCC2CC3C4=CC(C)C(C)=CC4(CCN3C)C2C1O. The average molecular weight is 317 g/mol.